The number of imide groups is 1. The molecule has 2 aromatic heterocycles. The zero-order valence-electron chi connectivity index (χ0n) is 14.9. The molecule has 7 heteroatoms. The smallest absolute Gasteiger partial charge is 0.348 e. The van der Waals surface area contributed by atoms with E-state index in [1.165, 1.54) is 21.8 Å². The lowest BCUT2D eigenvalue weighted by atomic mass is 9.87. The van der Waals surface area contributed by atoms with Crippen LogP contribution in [0.4, 0.5) is 0 Å². The number of hydrogen-bond donors (Lipinski definition) is 1. The lowest BCUT2D eigenvalue weighted by Gasteiger charge is -2.19. The molecule has 6 nitrogen and oxygen atoms in total. The first-order chi connectivity index (χ1) is 12.5. The van der Waals surface area contributed by atoms with Crippen molar-refractivity contribution in [1.82, 2.24) is 9.88 Å². The number of fused-ring (bicyclic) bond motifs is 1. The Labute approximate surface area is 156 Å². The van der Waals surface area contributed by atoms with E-state index in [9.17, 15) is 14.4 Å². The third-order valence-corrected chi connectivity index (χ3v) is 5.94. The van der Waals surface area contributed by atoms with E-state index in [2.05, 4.69) is 12.2 Å². The molecule has 0 spiro atoms. The van der Waals surface area contributed by atoms with Gasteiger partial charge >= 0.3 is 5.97 Å². The van der Waals surface area contributed by atoms with E-state index in [1.807, 2.05) is 6.07 Å². The van der Waals surface area contributed by atoms with Gasteiger partial charge in [-0.05, 0) is 48.9 Å². The van der Waals surface area contributed by atoms with Crippen LogP contribution in [0.15, 0.2) is 24.4 Å². The van der Waals surface area contributed by atoms with Crippen LogP contribution in [0.3, 0.4) is 0 Å². The highest BCUT2D eigenvalue weighted by molar-refractivity contribution is 7.14. The SMILES string of the molecule is CCC1CCc2sc(C(=O)OCC(=O)NC(=O)c3cccn3C)cc2C1. The second-order valence-corrected chi connectivity index (χ2v) is 7.67. The lowest BCUT2D eigenvalue weighted by Crippen LogP contribution is -2.35. The summed E-state index contributed by atoms with van der Waals surface area (Å²) in [6.45, 7) is 1.71. The molecular formula is C19H22N2O4S. The molecule has 1 aliphatic rings. The summed E-state index contributed by atoms with van der Waals surface area (Å²) < 4.78 is 6.68. The third kappa shape index (κ3) is 4.04. The summed E-state index contributed by atoms with van der Waals surface area (Å²) in [4.78, 5) is 37.8. The number of nitrogens with zero attached hydrogens (tertiary/aromatic N) is 1. The molecule has 1 atom stereocenters. The number of ether oxygens (including phenoxy) is 1. The fourth-order valence-corrected chi connectivity index (χ4v) is 4.28. The molecule has 0 bridgehead atoms. The topological polar surface area (TPSA) is 77.4 Å². The molecule has 1 unspecified atom stereocenters. The van der Waals surface area contributed by atoms with E-state index in [4.69, 9.17) is 4.74 Å². The van der Waals surface area contributed by atoms with Crippen LogP contribution in [0.25, 0.3) is 0 Å². The standard InChI is InChI=1S/C19H22N2O4S/c1-3-12-6-7-15-13(9-12)10-16(26-15)19(24)25-11-17(22)20-18(23)14-5-4-8-21(14)2/h4-5,8,10,12H,3,6-7,9,11H2,1-2H3,(H,20,22,23). The molecule has 2 aromatic rings. The maximum atomic E-state index is 12.2. The van der Waals surface area contributed by atoms with Crippen LogP contribution in [0.5, 0.6) is 0 Å². The molecule has 0 saturated carbocycles. The Kier molecular flexibility index (Phi) is 5.56. The molecule has 0 aliphatic heterocycles. The zero-order valence-corrected chi connectivity index (χ0v) is 15.7. The van der Waals surface area contributed by atoms with Crippen LogP contribution in [0, 0.1) is 5.92 Å². The normalized spacial score (nSPS) is 16.0. The monoisotopic (exact) mass is 374 g/mol. The van der Waals surface area contributed by atoms with E-state index in [1.54, 1.807) is 29.9 Å². The third-order valence-electron chi connectivity index (χ3n) is 4.73. The number of thiophene rings is 1. The summed E-state index contributed by atoms with van der Waals surface area (Å²) in [5.41, 5.74) is 1.59. The van der Waals surface area contributed by atoms with Crippen LogP contribution in [-0.4, -0.2) is 29.0 Å². The van der Waals surface area contributed by atoms with Gasteiger partial charge in [-0.2, -0.15) is 0 Å². The average molecular weight is 374 g/mol. The van der Waals surface area contributed by atoms with Crippen molar-refractivity contribution in [2.24, 2.45) is 13.0 Å². The highest BCUT2D eigenvalue weighted by Crippen LogP contribution is 2.33. The van der Waals surface area contributed by atoms with Crippen molar-refractivity contribution in [2.75, 3.05) is 6.61 Å². The summed E-state index contributed by atoms with van der Waals surface area (Å²) in [6.07, 6.45) is 6.01. The van der Waals surface area contributed by atoms with Gasteiger partial charge in [0, 0.05) is 18.1 Å². The minimum atomic E-state index is -0.642. The number of esters is 1. The Morgan fingerprint density at radius 1 is 1.38 bits per heavy atom. The molecule has 138 valence electrons. The molecule has 2 heterocycles. The Hall–Kier alpha value is -2.41. The number of rotatable bonds is 5. The van der Waals surface area contributed by atoms with Crippen molar-refractivity contribution in [2.45, 2.75) is 32.6 Å². The predicted octanol–water partition coefficient (Wildman–Crippen LogP) is 2.71. The van der Waals surface area contributed by atoms with E-state index in [0.29, 0.717) is 16.5 Å². The van der Waals surface area contributed by atoms with E-state index in [-0.39, 0.29) is 0 Å². The molecule has 0 radical (unpaired) electrons. The molecule has 26 heavy (non-hydrogen) atoms. The van der Waals surface area contributed by atoms with E-state index >= 15 is 0 Å². The van der Waals surface area contributed by atoms with Crippen LogP contribution < -0.4 is 5.32 Å². The fraction of sp³-hybridized carbons (Fsp3) is 0.421. The fourth-order valence-electron chi connectivity index (χ4n) is 3.17. The molecule has 2 amide bonds. The number of aryl methyl sites for hydroxylation is 2. The lowest BCUT2D eigenvalue weighted by molar-refractivity contribution is -0.123. The minimum absolute atomic E-state index is 0.362. The van der Waals surface area contributed by atoms with Crippen LogP contribution >= 0.6 is 11.3 Å². The minimum Gasteiger partial charge on any atom is -0.451 e. The van der Waals surface area contributed by atoms with Crippen LogP contribution in [-0.2, 0) is 29.4 Å². The van der Waals surface area contributed by atoms with Crippen molar-refractivity contribution in [1.29, 1.82) is 0 Å². The number of carbonyl (C=O) groups excluding carboxylic acids is 3. The van der Waals surface area contributed by atoms with Gasteiger partial charge in [0.15, 0.2) is 6.61 Å². The van der Waals surface area contributed by atoms with Gasteiger partial charge in [0.1, 0.15) is 10.6 Å². The zero-order chi connectivity index (χ0) is 18.7. The molecule has 1 N–H and O–H groups in total. The van der Waals surface area contributed by atoms with Crippen molar-refractivity contribution in [3.63, 3.8) is 0 Å². The van der Waals surface area contributed by atoms with Gasteiger partial charge in [0.25, 0.3) is 11.8 Å². The number of carbonyl (C=O) groups is 3. The molecule has 0 fully saturated rings. The molecule has 0 aromatic carbocycles. The van der Waals surface area contributed by atoms with Gasteiger partial charge in [0.05, 0.1) is 0 Å². The first kappa shape index (κ1) is 18.4. The van der Waals surface area contributed by atoms with Crippen molar-refractivity contribution in [3.05, 3.63) is 45.4 Å². The Morgan fingerprint density at radius 3 is 2.88 bits per heavy atom. The Bertz CT molecular complexity index is 836. The van der Waals surface area contributed by atoms with E-state index < -0.39 is 24.4 Å². The predicted molar refractivity (Wildman–Crippen MR) is 98.3 cm³/mol. The van der Waals surface area contributed by atoms with Crippen molar-refractivity contribution in [3.8, 4) is 0 Å². The molecule has 1 aliphatic carbocycles. The number of hydrogen-bond acceptors (Lipinski definition) is 5. The largest absolute Gasteiger partial charge is 0.451 e. The highest BCUT2D eigenvalue weighted by Gasteiger charge is 2.23. The number of aromatic nitrogens is 1. The number of amides is 2. The van der Waals surface area contributed by atoms with Gasteiger partial charge in [-0.25, -0.2) is 4.79 Å². The highest BCUT2D eigenvalue weighted by atomic mass is 32.1. The summed E-state index contributed by atoms with van der Waals surface area (Å²) in [6, 6.07) is 5.20. The first-order valence-electron chi connectivity index (χ1n) is 8.72. The van der Waals surface area contributed by atoms with Crippen LogP contribution in [0.2, 0.25) is 0 Å². The summed E-state index contributed by atoms with van der Waals surface area (Å²) in [5, 5.41) is 2.22. The first-order valence-corrected chi connectivity index (χ1v) is 9.53. The second-order valence-electron chi connectivity index (χ2n) is 6.53. The van der Waals surface area contributed by atoms with Gasteiger partial charge < -0.3 is 9.30 Å². The average Bonchev–Trinajstić information content (AvgIpc) is 3.24. The molecule has 3 rings (SSSR count). The summed E-state index contributed by atoms with van der Waals surface area (Å²) in [5.74, 6) is -0.998. The van der Waals surface area contributed by atoms with E-state index in [0.717, 1.165) is 25.7 Å². The maximum absolute atomic E-state index is 12.2. The Balaban J connectivity index is 1.53. The summed E-state index contributed by atoms with van der Waals surface area (Å²) in [7, 11) is 1.71. The van der Waals surface area contributed by atoms with Crippen molar-refractivity contribution < 1.29 is 19.1 Å². The van der Waals surface area contributed by atoms with Gasteiger partial charge in [-0.1, -0.05) is 13.3 Å². The maximum Gasteiger partial charge on any atom is 0.348 e. The van der Waals surface area contributed by atoms with Gasteiger partial charge in [0.2, 0.25) is 0 Å². The van der Waals surface area contributed by atoms with Crippen LogP contribution in [0.1, 0.15) is 50.4 Å². The summed E-state index contributed by atoms with van der Waals surface area (Å²) >= 11 is 1.44. The Morgan fingerprint density at radius 2 is 2.19 bits per heavy atom. The quantitative estimate of drug-likeness (QED) is 0.817. The molecular weight excluding hydrogens is 352 g/mol. The van der Waals surface area contributed by atoms with Gasteiger partial charge in [-0.3, -0.25) is 14.9 Å². The van der Waals surface area contributed by atoms with Gasteiger partial charge in [-0.15, -0.1) is 11.3 Å². The molecule has 0 saturated heterocycles. The second kappa shape index (κ2) is 7.86. The number of nitrogens with one attached hydrogen (secondary N) is 1. The van der Waals surface area contributed by atoms with Crippen molar-refractivity contribution >= 4 is 29.1 Å².